The van der Waals surface area contributed by atoms with Gasteiger partial charge in [0.25, 0.3) is 0 Å². The van der Waals surface area contributed by atoms with Crippen molar-refractivity contribution in [1.29, 1.82) is 0 Å². The van der Waals surface area contributed by atoms with Gasteiger partial charge in [-0.05, 0) is 17.4 Å². The summed E-state index contributed by atoms with van der Waals surface area (Å²) in [5.41, 5.74) is 0. The maximum Gasteiger partial charge on any atom is 0.318 e. The van der Waals surface area contributed by atoms with E-state index in [1.165, 1.54) is 24.6 Å². The lowest BCUT2D eigenvalue weighted by molar-refractivity contribution is -0.810. The molecule has 0 aliphatic carbocycles. The summed E-state index contributed by atoms with van der Waals surface area (Å²) in [4.78, 5) is 13.3. The summed E-state index contributed by atoms with van der Waals surface area (Å²) in [6.07, 6.45) is 6.31. The first-order valence-electron chi connectivity index (χ1n) is 11.1. The van der Waals surface area contributed by atoms with Crippen molar-refractivity contribution in [2.75, 3.05) is 25.4 Å². The smallest absolute Gasteiger partial charge is 0.318 e. The van der Waals surface area contributed by atoms with E-state index >= 15 is 0 Å². The molecule has 1 rings (SSSR count). The number of hydroxylamine groups is 3. The zero-order valence-electron chi connectivity index (χ0n) is 19.0. The second-order valence-corrected chi connectivity index (χ2v) is 11.3. The molecule has 1 aromatic carbocycles. The Hall–Kier alpha value is -0.760. The number of amides is 1. The van der Waals surface area contributed by atoms with Gasteiger partial charge in [0.15, 0.2) is 0 Å². The maximum atomic E-state index is 13.5. The number of carbonyl (C=O) groups excluding carboxylic acids is 1. The number of hydrogen-bond donors (Lipinski definition) is 0. The van der Waals surface area contributed by atoms with Crippen LogP contribution in [0.2, 0.25) is 0 Å². The minimum absolute atomic E-state index is 0.109. The second-order valence-electron chi connectivity index (χ2n) is 9.07. The number of unbranched alkanes of at least 4 members (excludes halogenated alkanes) is 1. The van der Waals surface area contributed by atoms with Gasteiger partial charge in [0, 0.05) is 11.8 Å². The monoisotopic (exact) mass is 407 g/mol. The first-order chi connectivity index (χ1) is 13.2. The first-order valence-corrected chi connectivity index (χ1v) is 12.8. The van der Waals surface area contributed by atoms with Crippen LogP contribution in [0.25, 0.3) is 0 Å². The highest BCUT2D eigenvalue weighted by Crippen LogP contribution is 2.40. The molecule has 0 spiro atoms. The number of benzene rings is 1. The minimum Gasteiger partial charge on any atom is -0.625 e. The zero-order chi connectivity index (χ0) is 21.2. The molecule has 0 aliphatic heterocycles. The Balaban J connectivity index is 3.04. The van der Waals surface area contributed by atoms with Crippen LogP contribution in [0.3, 0.4) is 0 Å². The van der Waals surface area contributed by atoms with Crippen LogP contribution in [0, 0.1) is 23.0 Å². The molecule has 28 heavy (non-hydrogen) atoms. The Morgan fingerprint density at radius 3 is 2.07 bits per heavy atom. The van der Waals surface area contributed by atoms with Crippen LogP contribution in [-0.2, 0) is 4.79 Å². The van der Waals surface area contributed by atoms with E-state index in [9.17, 15) is 10.0 Å². The van der Waals surface area contributed by atoms with E-state index in [4.69, 9.17) is 0 Å². The molecular weight excluding hydrogens is 365 g/mol. The lowest BCUT2D eigenvalue weighted by atomic mass is 10.0. The molecule has 0 saturated heterocycles. The van der Waals surface area contributed by atoms with Crippen LogP contribution in [-0.4, -0.2) is 36.0 Å². The summed E-state index contributed by atoms with van der Waals surface area (Å²) in [6.45, 7) is 13.4. The fourth-order valence-electron chi connectivity index (χ4n) is 3.88. The Morgan fingerprint density at radius 1 is 1.04 bits per heavy atom. The minimum atomic E-state index is -0.660. The van der Waals surface area contributed by atoms with Crippen LogP contribution >= 0.6 is 7.92 Å². The van der Waals surface area contributed by atoms with Gasteiger partial charge in [0.2, 0.25) is 0 Å². The predicted molar refractivity (Wildman–Crippen MR) is 124 cm³/mol. The Bertz CT molecular complexity index is 549. The van der Waals surface area contributed by atoms with Gasteiger partial charge in [-0.1, -0.05) is 105 Å². The van der Waals surface area contributed by atoms with Crippen molar-refractivity contribution in [3.63, 3.8) is 0 Å². The normalized spacial score (nSPS) is 14.5. The molecule has 4 heteroatoms. The molecule has 0 bridgehead atoms. The highest BCUT2D eigenvalue weighted by Gasteiger charge is 2.32. The Labute approximate surface area is 174 Å². The lowest BCUT2D eigenvalue weighted by Crippen LogP contribution is -2.53. The average Bonchev–Trinajstić information content (AvgIpc) is 2.63. The lowest BCUT2D eigenvalue weighted by Gasteiger charge is -2.43. The third kappa shape index (κ3) is 8.72. The number of rotatable bonds is 13. The maximum absolute atomic E-state index is 13.5. The third-order valence-electron chi connectivity index (χ3n) is 5.24. The first kappa shape index (κ1) is 25.3. The molecule has 0 saturated carbocycles. The molecule has 0 N–H and O–H groups in total. The van der Waals surface area contributed by atoms with Crippen LogP contribution in [0.5, 0.6) is 0 Å². The van der Waals surface area contributed by atoms with E-state index in [2.05, 4.69) is 38.1 Å². The summed E-state index contributed by atoms with van der Waals surface area (Å²) >= 11 is 0. The molecule has 1 amide bonds. The van der Waals surface area contributed by atoms with Gasteiger partial charge >= 0.3 is 5.91 Å². The van der Waals surface area contributed by atoms with E-state index in [1.54, 1.807) is 0 Å². The van der Waals surface area contributed by atoms with E-state index in [0.29, 0.717) is 25.2 Å². The summed E-state index contributed by atoms with van der Waals surface area (Å²) in [5.74, 6) is 0.970. The third-order valence-corrected chi connectivity index (χ3v) is 7.88. The summed E-state index contributed by atoms with van der Waals surface area (Å²) < 4.78 is -0.660. The van der Waals surface area contributed by atoms with Crippen molar-refractivity contribution in [2.24, 2.45) is 17.8 Å². The number of nitrogens with zero attached hydrogens (tertiary/aromatic N) is 1. The largest absolute Gasteiger partial charge is 0.625 e. The molecule has 1 aromatic rings. The van der Waals surface area contributed by atoms with Gasteiger partial charge in [-0.3, -0.25) is 4.65 Å². The zero-order valence-corrected chi connectivity index (χ0v) is 19.9. The van der Waals surface area contributed by atoms with E-state index in [0.717, 1.165) is 12.6 Å². The summed E-state index contributed by atoms with van der Waals surface area (Å²) in [7, 11) is -0.636. The highest BCUT2D eigenvalue weighted by atomic mass is 31.1. The van der Waals surface area contributed by atoms with Gasteiger partial charge < -0.3 is 5.21 Å². The van der Waals surface area contributed by atoms with Crippen molar-refractivity contribution < 1.29 is 9.44 Å². The Morgan fingerprint density at radius 2 is 1.61 bits per heavy atom. The van der Waals surface area contributed by atoms with Crippen molar-refractivity contribution in [2.45, 2.75) is 67.2 Å². The van der Waals surface area contributed by atoms with E-state index < -0.39 is 12.6 Å². The van der Waals surface area contributed by atoms with E-state index in [-0.39, 0.29) is 17.7 Å². The SMILES string of the molecule is CCCCC(CC)CP(CC(=O)[N+]([O-])(CC(C)C)CC(C)C)c1ccccc1. The predicted octanol–water partition coefficient (Wildman–Crippen LogP) is 6.16. The van der Waals surface area contributed by atoms with Gasteiger partial charge in [0.05, 0.1) is 19.3 Å². The quantitative estimate of drug-likeness (QED) is 0.223. The fourth-order valence-corrected chi connectivity index (χ4v) is 6.64. The number of carbonyl (C=O) groups is 1. The molecule has 0 fully saturated rings. The van der Waals surface area contributed by atoms with Gasteiger partial charge in [-0.2, -0.15) is 0 Å². The molecule has 0 heterocycles. The number of hydrogen-bond acceptors (Lipinski definition) is 2. The van der Waals surface area contributed by atoms with Gasteiger partial charge in [-0.15, -0.1) is 0 Å². The van der Waals surface area contributed by atoms with Gasteiger partial charge in [0.1, 0.15) is 0 Å². The van der Waals surface area contributed by atoms with Crippen LogP contribution in [0.1, 0.15) is 67.2 Å². The Kier molecular flexibility index (Phi) is 11.5. The molecular formula is C24H42NO2P. The standard InChI is InChI=1S/C24H42NO2P/c1-7-9-13-22(8-2)18-28(23-14-11-10-12-15-23)19-24(26)25(27,16-20(3)4)17-21(5)6/h10-12,14-15,20-22H,7-9,13,16-19H2,1-6H3. The topological polar surface area (TPSA) is 40.1 Å². The summed E-state index contributed by atoms with van der Waals surface area (Å²) in [6, 6.07) is 10.4. The van der Waals surface area contributed by atoms with Crippen molar-refractivity contribution in [1.82, 2.24) is 0 Å². The average molecular weight is 408 g/mol. The fraction of sp³-hybridized carbons (Fsp3) is 0.708. The molecule has 0 aromatic heterocycles. The summed E-state index contributed by atoms with van der Waals surface area (Å²) in [5, 5.41) is 14.8. The van der Waals surface area contributed by atoms with Crippen molar-refractivity contribution >= 4 is 19.1 Å². The molecule has 2 unspecified atom stereocenters. The molecule has 2 atom stereocenters. The molecule has 0 aliphatic rings. The van der Waals surface area contributed by atoms with Crippen LogP contribution in [0.4, 0.5) is 0 Å². The second kappa shape index (κ2) is 12.7. The molecule has 160 valence electrons. The highest BCUT2D eigenvalue weighted by molar-refractivity contribution is 7.66. The van der Waals surface area contributed by atoms with Crippen molar-refractivity contribution in [3.05, 3.63) is 35.5 Å². The molecule has 3 nitrogen and oxygen atoms in total. The van der Waals surface area contributed by atoms with E-state index in [1.807, 2.05) is 33.8 Å². The van der Waals surface area contributed by atoms with Crippen LogP contribution in [0.15, 0.2) is 30.3 Å². The van der Waals surface area contributed by atoms with Gasteiger partial charge in [-0.25, -0.2) is 4.79 Å². The molecule has 0 radical (unpaired) electrons. The van der Waals surface area contributed by atoms with Crippen LogP contribution < -0.4 is 5.30 Å². The number of quaternary nitrogens is 1. The van der Waals surface area contributed by atoms with Crippen molar-refractivity contribution in [3.8, 4) is 0 Å².